The number of piperidine rings is 1. The summed E-state index contributed by atoms with van der Waals surface area (Å²) in [5, 5.41) is 6.71. The third-order valence-corrected chi connectivity index (χ3v) is 4.96. The maximum absolute atomic E-state index is 11.8. The van der Waals surface area contributed by atoms with Crippen molar-refractivity contribution in [2.75, 3.05) is 19.6 Å². The lowest BCUT2D eigenvalue weighted by Gasteiger charge is -2.45. The van der Waals surface area contributed by atoms with Crippen molar-refractivity contribution in [1.29, 1.82) is 0 Å². The third kappa shape index (κ3) is 2.61. The molecule has 2 amide bonds. The quantitative estimate of drug-likeness (QED) is 0.859. The van der Waals surface area contributed by atoms with E-state index in [4.69, 9.17) is 0 Å². The van der Waals surface area contributed by atoms with Crippen molar-refractivity contribution in [1.82, 2.24) is 15.5 Å². The van der Waals surface area contributed by atoms with Gasteiger partial charge in [-0.3, -0.25) is 9.59 Å². The summed E-state index contributed by atoms with van der Waals surface area (Å²) < 4.78 is 0. The van der Waals surface area contributed by atoms with Crippen molar-refractivity contribution in [3.05, 3.63) is 35.9 Å². The van der Waals surface area contributed by atoms with Gasteiger partial charge in [0.15, 0.2) is 0 Å². The standard InChI is InChI=1S/C17H23N3O2/c1-12(21)19-17-10-18-16(14-6-4-3-5-7-14)15(17)8-9-20(11-17)13(2)22/h3-7,15-16,18H,8-11H2,1-2H3,(H,19,21)/t15-,16-,17+/m1/s1. The molecular formula is C17H23N3O2. The van der Waals surface area contributed by atoms with Gasteiger partial charge in [0.25, 0.3) is 0 Å². The molecular weight excluding hydrogens is 278 g/mol. The van der Waals surface area contributed by atoms with E-state index in [1.165, 1.54) is 5.56 Å². The molecule has 1 aromatic carbocycles. The summed E-state index contributed by atoms with van der Waals surface area (Å²) in [4.78, 5) is 25.3. The normalized spacial score (nSPS) is 30.7. The first-order valence-corrected chi connectivity index (χ1v) is 7.84. The average Bonchev–Trinajstić information content (AvgIpc) is 2.85. The number of rotatable bonds is 2. The van der Waals surface area contributed by atoms with Gasteiger partial charge in [0.1, 0.15) is 0 Å². The van der Waals surface area contributed by atoms with Crippen LogP contribution in [0.5, 0.6) is 0 Å². The Hall–Kier alpha value is -1.88. The van der Waals surface area contributed by atoms with Crippen LogP contribution in [-0.2, 0) is 9.59 Å². The first kappa shape index (κ1) is 15.0. The molecule has 22 heavy (non-hydrogen) atoms. The molecule has 1 aromatic rings. The van der Waals surface area contributed by atoms with Gasteiger partial charge in [-0.15, -0.1) is 0 Å². The minimum absolute atomic E-state index is 0.0362. The van der Waals surface area contributed by atoms with Crippen molar-refractivity contribution in [2.45, 2.75) is 31.8 Å². The van der Waals surface area contributed by atoms with E-state index in [1.807, 2.05) is 23.1 Å². The van der Waals surface area contributed by atoms with Crippen LogP contribution in [0.25, 0.3) is 0 Å². The molecule has 3 rings (SSSR count). The predicted molar refractivity (Wildman–Crippen MR) is 84.1 cm³/mol. The highest BCUT2D eigenvalue weighted by Gasteiger charge is 2.52. The van der Waals surface area contributed by atoms with Gasteiger partial charge in [0.05, 0.1) is 5.54 Å². The van der Waals surface area contributed by atoms with Crippen molar-refractivity contribution < 1.29 is 9.59 Å². The fourth-order valence-corrected chi connectivity index (χ4v) is 4.02. The third-order valence-electron chi connectivity index (χ3n) is 4.96. The molecule has 2 fully saturated rings. The lowest BCUT2D eigenvalue weighted by atomic mass is 9.75. The summed E-state index contributed by atoms with van der Waals surface area (Å²) >= 11 is 0. The summed E-state index contributed by atoms with van der Waals surface area (Å²) in [5.41, 5.74) is 0.881. The average molecular weight is 301 g/mol. The van der Waals surface area contributed by atoms with Crippen LogP contribution >= 0.6 is 0 Å². The molecule has 0 spiro atoms. The van der Waals surface area contributed by atoms with Crippen LogP contribution in [0.1, 0.15) is 31.9 Å². The van der Waals surface area contributed by atoms with Gasteiger partial charge < -0.3 is 15.5 Å². The first-order valence-electron chi connectivity index (χ1n) is 7.84. The molecule has 0 bridgehead atoms. The highest BCUT2D eigenvalue weighted by Crippen LogP contribution is 2.42. The lowest BCUT2D eigenvalue weighted by molar-refractivity contribution is -0.134. The molecule has 2 aliphatic rings. The second kappa shape index (κ2) is 5.72. The number of nitrogens with zero attached hydrogens (tertiary/aromatic N) is 1. The molecule has 5 nitrogen and oxygen atoms in total. The zero-order valence-corrected chi connectivity index (χ0v) is 13.1. The summed E-state index contributed by atoms with van der Waals surface area (Å²) in [6.45, 7) is 5.18. The number of benzene rings is 1. The molecule has 2 N–H and O–H groups in total. The second-order valence-electron chi connectivity index (χ2n) is 6.44. The Morgan fingerprint density at radius 3 is 2.64 bits per heavy atom. The zero-order chi connectivity index (χ0) is 15.7. The topological polar surface area (TPSA) is 61.4 Å². The molecule has 118 valence electrons. The Kier molecular flexibility index (Phi) is 3.91. The Balaban J connectivity index is 1.90. The van der Waals surface area contributed by atoms with E-state index in [-0.39, 0.29) is 23.4 Å². The molecule has 2 heterocycles. The van der Waals surface area contributed by atoms with Crippen LogP contribution in [-0.4, -0.2) is 41.9 Å². The Bertz CT molecular complexity index is 575. The predicted octanol–water partition coefficient (Wildman–Crippen LogP) is 1.07. The maximum atomic E-state index is 11.8. The number of carbonyl (C=O) groups excluding carboxylic acids is 2. The van der Waals surface area contributed by atoms with Crippen LogP contribution in [0.2, 0.25) is 0 Å². The van der Waals surface area contributed by atoms with Crippen LogP contribution in [0.4, 0.5) is 0 Å². The SMILES string of the molecule is CC(=O)N[C@]12CN[C@H](c3ccccc3)[C@H]1CCN(C(C)=O)C2. The Morgan fingerprint density at radius 1 is 1.27 bits per heavy atom. The van der Waals surface area contributed by atoms with E-state index in [0.717, 1.165) is 13.0 Å². The van der Waals surface area contributed by atoms with E-state index < -0.39 is 0 Å². The van der Waals surface area contributed by atoms with Crippen LogP contribution in [0, 0.1) is 5.92 Å². The van der Waals surface area contributed by atoms with Crippen molar-refractivity contribution >= 4 is 11.8 Å². The monoisotopic (exact) mass is 301 g/mol. The summed E-state index contributed by atoms with van der Waals surface area (Å²) in [7, 11) is 0. The molecule has 0 unspecified atom stereocenters. The number of likely N-dealkylation sites (tertiary alicyclic amines) is 1. The lowest BCUT2D eigenvalue weighted by Crippen LogP contribution is -2.64. The van der Waals surface area contributed by atoms with E-state index in [0.29, 0.717) is 19.0 Å². The molecule has 2 aliphatic heterocycles. The molecule has 0 saturated carbocycles. The van der Waals surface area contributed by atoms with Crippen LogP contribution in [0.15, 0.2) is 30.3 Å². The molecule has 0 aliphatic carbocycles. The van der Waals surface area contributed by atoms with E-state index in [2.05, 4.69) is 22.8 Å². The second-order valence-corrected chi connectivity index (χ2v) is 6.44. The minimum atomic E-state index is -0.365. The van der Waals surface area contributed by atoms with Gasteiger partial charge in [0, 0.05) is 45.4 Å². The zero-order valence-electron chi connectivity index (χ0n) is 13.1. The van der Waals surface area contributed by atoms with Crippen molar-refractivity contribution in [3.63, 3.8) is 0 Å². The van der Waals surface area contributed by atoms with Gasteiger partial charge in [-0.1, -0.05) is 30.3 Å². The van der Waals surface area contributed by atoms with Gasteiger partial charge >= 0.3 is 0 Å². The summed E-state index contributed by atoms with van der Waals surface area (Å²) in [5.74, 6) is 0.339. The Labute approximate surface area is 131 Å². The largest absolute Gasteiger partial charge is 0.347 e. The fourth-order valence-electron chi connectivity index (χ4n) is 4.02. The van der Waals surface area contributed by atoms with E-state index >= 15 is 0 Å². The van der Waals surface area contributed by atoms with Crippen LogP contribution < -0.4 is 10.6 Å². The number of nitrogens with one attached hydrogen (secondary N) is 2. The highest BCUT2D eigenvalue weighted by atomic mass is 16.2. The van der Waals surface area contributed by atoms with Gasteiger partial charge in [-0.25, -0.2) is 0 Å². The number of hydrogen-bond donors (Lipinski definition) is 2. The minimum Gasteiger partial charge on any atom is -0.347 e. The van der Waals surface area contributed by atoms with Gasteiger partial charge in [0.2, 0.25) is 11.8 Å². The van der Waals surface area contributed by atoms with Gasteiger partial charge in [-0.2, -0.15) is 0 Å². The number of hydrogen-bond acceptors (Lipinski definition) is 3. The highest BCUT2D eigenvalue weighted by molar-refractivity contribution is 5.76. The smallest absolute Gasteiger partial charge is 0.219 e. The fraction of sp³-hybridized carbons (Fsp3) is 0.529. The molecule has 2 saturated heterocycles. The molecule has 5 heteroatoms. The summed E-state index contributed by atoms with van der Waals surface area (Å²) in [6.07, 6.45) is 0.895. The first-order chi connectivity index (χ1) is 10.5. The summed E-state index contributed by atoms with van der Waals surface area (Å²) in [6, 6.07) is 10.6. The number of carbonyl (C=O) groups is 2. The molecule has 0 radical (unpaired) electrons. The van der Waals surface area contributed by atoms with E-state index in [1.54, 1.807) is 13.8 Å². The van der Waals surface area contributed by atoms with Crippen molar-refractivity contribution in [3.8, 4) is 0 Å². The molecule has 3 atom stereocenters. The van der Waals surface area contributed by atoms with Crippen molar-refractivity contribution in [2.24, 2.45) is 5.92 Å². The number of fused-ring (bicyclic) bond motifs is 1. The molecule has 0 aromatic heterocycles. The number of amides is 2. The Morgan fingerprint density at radius 2 is 2.00 bits per heavy atom. The van der Waals surface area contributed by atoms with Crippen LogP contribution in [0.3, 0.4) is 0 Å². The van der Waals surface area contributed by atoms with Gasteiger partial charge in [-0.05, 0) is 12.0 Å². The maximum Gasteiger partial charge on any atom is 0.219 e. The van der Waals surface area contributed by atoms with E-state index in [9.17, 15) is 9.59 Å².